The molecule has 0 fully saturated rings. The zero-order valence-corrected chi connectivity index (χ0v) is 18.0. The molecule has 3 aromatic carbocycles. The minimum absolute atomic E-state index is 0.243. The van der Waals surface area contributed by atoms with Gasteiger partial charge in [0.15, 0.2) is 18.0 Å². The third kappa shape index (κ3) is 3.16. The molecular formula is C27H27N2O3+. The minimum atomic E-state index is -1.14. The highest BCUT2D eigenvalue weighted by Gasteiger charge is 2.54. The number of rotatable bonds is 3. The summed E-state index contributed by atoms with van der Waals surface area (Å²) in [7, 11) is 0. The molecule has 32 heavy (non-hydrogen) atoms. The van der Waals surface area contributed by atoms with E-state index < -0.39 is 5.72 Å². The van der Waals surface area contributed by atoms with Gasteiger partial charge in [-0.3, -0.25) is 4.58 Å². The van der Waals surface area contributed by atoms with E-state index in [1.807, 2.05) is 36.4 Å². The number of aliphatic hydroxyl groups is 1. The van der Waals surface area contributed by atoms with E-state index in [1.165, 1.54) is 17.8 Å². The molecule has 0 saturated heterocycles. The van der Waals surface area contributed by atoms with Crippen LogP contribution in [0.2, 0.25) is 0 Å². The molecule has 3 aliphatic rings. The summed E-state index contributed by atoms with van der Waals surface area (Å²) in [6.45, 7) is 1.77. The number of fused-ring (bicyclic) bond motifs is 1. The second-order valence-corrected chi connectivity index (χ2v) is 8.78. The predicted octanol–water partition coefficient (Wildman–Crippen LogP) is 4.73. The average Bonchev–Trinajstić information content (AvgIpc) is 3.34. The summed E-state index contributed by atoms with van der Waals surface area (Å²) in [5.74, 6) is 2.68. The van der Waals surface area contributed by atoms with E-state index in [4.69, 9.17) is 9.47 Å². The van der Waals surface area contributed by atoms with E-state index in [1.54, 1.807) is 0 Å². The number of hydrogen-bond acceptors (Lipinski definition) is 4. The van der Waals surface area contributed by atoms with Crippen molar-refractivity contribution in [2.45, 2.75) is 31.4 Å². The van der Waals surface area contributed by atoms with Crippen molar-refractivity contribution in [2.24, 2.45) is 0 Å². The highest BCUT2D eigenvalue weighted by molar-refractivity contribution is 5.97. The van der Waals surface area contributed by atoms with E-state index >= 15 is 0 Å². The van der Waals surface area contributed by atoms with Gasteiger partial charge in [0.05, 0.1) is 6.54 Å². The SMILES string of the molecule is OC1(c2ccc(-c3ccccc3)cc2)C[N+]2=C(CCCCC2)N1c1ccc2c(c1)OCO2. The topological polar surface area (TPSA) is 44.9 Å². The van der Waals surface area contributed by atoms with Gasteiger partial charge in [-0.2, -0.15) is 4.90 Å². The maximum absolute atomic E-state index is 12.2. The lowest BCUT2D eigenvalue weighted by molar-refractivity contribution is -0.534. The highest BCUT2D eigenvalue weighted by atomic mass is 16.7. The third-order valence-corrected chi connectivity index (χ3v) is 6.80. The lowest BCUT2D eigenvalue weighted by atomic mass is 9.96. The van der Waals surface area contributed by atoms with Crippen LogP contribution >= 0.6 is 0 Å². The van der Waals surface area contributed by atoms with Gasteiger partial charge >= 0.3 is 0 Å². The number of nitrogens with zero attached hydrogens (tertiary/aromatic N) is 2. The first-order chi connectivity index (χ1) is 15.7. The second-order valence-electron chi connectivity index (χ2n) is 8.78. The zero-order valence-electron chi connectivity index (χ0n) is 18.0. The molecule has 0 aliphatic carbocycles. The van der Waals surface area contributed by atoms with Crippen LogP contribution in [-0.2, 0) is 5.72 Å². The Kier molecular flexibility index (Phi) is 4.65. The smallest absolute Gasteiger partial charge is 0.275 e. The van der Waals surface area contributed by atoms with Gasteiger partial charge in [0.25, 0.3) is 11.6 Å². The molecule has 0 spiro atoms. The molecule has 0 amide bonds. The van der Waals surface area contributed by atoms with Crippen molar-refractivity contribution in [2.75, 3.05) is 24.8 Å². The molecule has 3 heterocycles. The Morgan fingerprint density at radius 2 is 1.59 bits per heavy atom. The number of amidine groups is 1. The number of ether oxygens (including phenoxy) is 2. The quantitative estimate of drug-likeness (QED) is 0.614. The van der Waals surface area contributed by atoms with E-state index in [9.17, 15) is 5.11 Å². The number of anilines is 1. The molecule has 162 valence electrons. The van der Waals surface area contributed by atoms with Crippen molar-refractivity contribution < 1.29 is 19.2 Å². The lowest BCUT2D eigenvalue weighted by Gasteiger charge is -2.29. The van der Waals surface area contributed by atoms with Crippen LogP contribution < -0.4 is 14.4 Å². The Bertz CT molecular complexity index is 1170. The Morgan fingerprint density at radius 1 is 0.812 bits per heavy atom. The fourth-order valence-electron chi connectivity index (χ4n) is 5.19. The van der Waals surface area contributed by atoms with Gasteiger partial charge in [-0.05, 0) is 42.5 Å². The number of hydrogen-bond donors (Lipinski definition) is 1. The van der Waals surface area contributed by atoms with Gasteiger partial charge in [0, 0.05) is 18.1 Å². The van der Waals surface area contributed by atoms with Crippen molar-refractivity contribution in [3.63, 3.8) is 0 Å². The van der Waals surface area contributed by atoms with Crippen LogP contribution in [-0.4, -0.2) is 35.4 Å². The molecule has 0 aromatic heterocycles. The van der Waals surface area contributed by atoms with E-state index in [2.05, 4.69) is 45.9 Å². The fraction of sp³-hybridized carbons (Fsp3) is 0.296. The molecule has 0 saturated carbocycles. The van der Waals surface area contributed by atoms with E-state index in [-0.39, 0.29) is 6.79 Å². The van der Waals surface area contributed by atoms with Gasteiger partial charge in [0.2, 0.25) is 6.79 Å². The average molecular weight is 428 g/mol. The molecule has 5 heteroatoms. The Morgan fingerprint density at radius 3 is 2.44 bits per heavy atom. The molecule has 6 rings (SSSR count). The predicted molar refractivity (Wildman–Crippen MR) is 124 cm³/mol. The first kappa shape index (κ1) is 19.4. The van der Waals surface area contributed by atoms with Crippen molar-refractivity contribution in [3.8, 4) is 22.6 Å². The van der Waals surface area contributed by atoms with Gasteiger partial charge in [0.1, 0.15) is 5.69 Å². The van der Waals surface area contributed by atoms with Crippen molar-refractivity contribution in [3.05, 3.63) is 78.4 Å². The molecule has 0 bridgehead atoms. The van der Waals surface area contributed by atoms with Gasteiger partial charge in [-0.1, -0.05) is 54.6 Å². The van der Waals surface area contributed by atoms with Crippen molar-refractivity contribution >= 4 is 11.5 Å². The highest BCUT2D eigenvalue weighted by Crippen LogP contribution is 2.42. The van der Waals surface area contributed by atoms with Crippen LogP contribution in [0.1, 0.15) is 31.2 Å². The summed E-state index contributed by atoms with van der Waals surface area (Å²) in [5, 5.41) is 12.2. The second kappa shape index (κ2) is 7.68. The first-order valence-electron chi connectivity index (χ1n) is 11.4. The third-order valence-electron chi connectivity index (χ3n) is 6.80. The molecule has 1 unspecified atom stereocenters. The van der Waals surface area contributed by atoms with E-state index in [0.717, 1.165) is 54.1 Å². The summed E-state index contributed by atoms with van der Waals surface area (Å²) >= 11 is 0. The summed E-state index contributed by atoms with van der Waals surface area (Å²) in [6, 6.07) is 24.6. The van der Waals surface area contributed by atoms with Crippen LogP contribution in [0.5, 0.6) is 11.5 Å². The molecule has 1 N–H and O–H groups in total. The summed E-state index contributed by atoms with van der Waals surface area (Å²) in [4.78, 5) is 2.12. The van der Waals surface area contributed by atoms with Gasteiger partial charge in [-0.25, -0.2) is 0 Å². The molecule has 0 radical (unpaired) electrons. The van der Waals surface area contributed by atoms with Crippen LogP contribution in [0.3, 0.4) is 0 Å². The maximum Gasteiger partial charge on any atom is 0.275 e. The largest absolute Gasteiger partial charge is 0.454 e. The molecule has 3 aromatic rings. The van der Waals surface area contributed by atoms with Crippen LogP contribution in [0.4, 0.5) is 5.69 Å². The van der Waals surface area contributed by atoms with Crippen LogP contribution in [0.25, 0.3) is 11.1 Å². The summed E-state index contributed by atoms with van der Waals surface area (Å²) in [5.41, 5.74) is 3.01. The van der Waals surface area contributed by atoms with Crippen LogP contribution in [0, 0.1) is 0 Å². The van der Waals surface area contributed by atoms with E-state index in [0.29, 0.717) is 6.54 Å². The Balaban J connectivity index is 1.42. The number of benzene rings is 3. The van der Waals surface area contributed by atoms with Crippen molar-refractivity contribution in [1.29, 1.82) is 0 Å². The summed E-state index contributed by atoms with van der Waals surface area (Å²) < 4.78 is 13.5. The molecular weight excluding hydrogens is 400 g/mol. The van der Waals surface area contributed by atoms with Crippen LogP contribution in [0.15, 0.2) is 72.8 Å². The standard InChI is InChI=1S/C27H27N2O3/c30-27(22-12-10-21(11-13-22)20-7-3-1-4-8-20)18-28-16-6-2-5-9-26(28)29(27)23-14-15-24-25(17-23)32-19-31-24/h1,3-4,7-8,10-15,17,30H,2,5-6,9,16,18-19H2/q+1. The Labute approximate surface area is 188 Å². The summed E-state index contributed by atoms with van der Waals surface area (Å²) in [6.07, 6.45) is 4.47. The van der Waals surface area contributed by atoms with Gasteiger partial charge in [-0.15, -0.1) is 0 Å². The zero-order chi connectivity index (χ0) is 21.5. The lowest BCUT2D eigenvalue weighted by Crippen LogP contribution is -2.47. The fourth-order valence-corrected chi connectivity index (χ4v) is 5.19. The monoisotopic (exact) mass is 427 g/mol. The van der Waals surface area contributed by atoms with Gasteiger partial charge < -0.3 is 14.6 Å². The van der Waals surface area contributed by atoms with Crippen molar-refractivity contribution in [1.82, 2.24) is 0 Å². The molecule has 5 nitrogen and oxygen atoms in total. The Hall–Kier alpha value is -3.31. The normalized spacial score (nSPS) is 22.1. The first-order valence-corrected chi connectivity index (χ1v) is 11.4. The molecule has 3 aliphatic heterocycles. The maximum atomic E-state index is 12.2. The minimum Gasteiger partial charge on any atom is -0.454 e. The molecule has 1 atom stereocenters.